The molecule has 0 saturated heterocycles. The minimum atomic E-state index is -0.913. The van der Waals surface area contributed by atoms with Crippen molar-refractivity contribution in [1.29, 1.82) is 0 Å². The maximum absolute atomic E-state index is 10.9. The van der Waals surface area contributed by atoms with Crippen LogP contribution in [0.3, 0.4) is 0 Å². The van der Waals surface area contributed by atoms with Crippen molar-refractivity contribution in [2.75, 3.05) is 11.4 Å². The van der Waals surface area contributed by atoms with Gasteiger partial charge < -0.3 is 14.5 Å². The van der Waals surface area contributed by atoms with Gasteiger partial charge in [-0.3, -0.25) is 4.79 Å². The van der Waals surface area contributed by atoms with Crippen LogP contribution in [-0.2, 0) is 11.3 Å². The van der Waals surface area contributed by atoms with E-state index in [-0.39, 0.29) is 6.54 Å². The van der Waals surface area contributed by atoms with Crippen molar-refractivity contribution >= 4 is 23.3 Å². The number of carbonyl (C=O) groups is 1. The average Bonchev–Trinajstić information content (AvgIpc) is 2.81. The maximum Gasteiger partial charge on any atom is 0.323 e. The zero-order valence-corrected chi connectivity index (χ0v) is 10.2. The number of benzene rings is 1. The van der Waals surface area contributed by atoms with E-state index in [2.05, 4.69) is 5.16 Å². The highest BCUT2D eigenvalue weighted by atomic mass is 35.5. The molecule has 0 bridgehead atoms. The smallest absolute Gasteiger partial charge is 0.323 e. The van der Waals surface area contributed by atoms with Crippen LogP contribution in [0.15, 0.2) is 41.1 Å². The number of aromatic nitrogens is 1. The molecule has 94 valence electrons. The number of nitrogens with zero attached hydrogens (tertiary/aromatic N) is 2. The molecule has 0 atom stereocenters. The second kappa shape index (κ2) is 5.55. The van der Waals surface area contributed by atoms with E-state index in [9.17, 15) is 4.79 Å². The summed E-state index contributed by atoms with van der Waals surface area (Å²) in [7, 11) is 0. The fourth-order valence-corrected chi connectivity index (χ4v) is 1.69. The number of rotatable bonds is 5. The van der Waals surface area contributed by atoms with E-state index in [1.54, 1.807) is 35.2 Å². The van der Waals surface area contributed by atoms with Crippen molar-refractivity contribution < 1.29 is 14.4 Å². The fourth-order valence-electron chi connectivity index (χ4n) is 1.57. The van der Waals surface area contributed by atoms with Crippen LogP contribution >= 0.6 is 11.6 Å². The lowest BCUT2D eigenvalue weighted by Crippen LogP contribution is -2.28. The molecule has 6 heteroatoms. The van der Waals surface area contributed by atoms with Crippen LogP contribution in [0.1, 0.15) is 5.76 Å². The van der Waals surface area contributed by atoms with Crippen molar-refractivity contribution in [1.82, 2.24) is 5.16 Å². The molecule has 0 unspecified atom stereocenters. The highest BCUT2D eigenvalue weighted by Crippen LogP contribution is 2.19. The van der Waals surface area contributed by atoms with Crippen LogP contribution in [0.25, 0.3) is 0 Å². The van der Waals surface area contributed by atoms with Gasteiger partial charge in [-0.05, 0) is 24.3 Å². The number of hydrogen-bond donors (Lipinski definition) is 1. The highest BCUT2D eigenvalue weighted by molar-refractivity contribution is 6.30. The summed E-state index contributed by atoms with van der Waals surface area (Å²) in [5, 5.41) is 13.1. The Morgan fingerprint density at radius 1 is 1.33 bits per heavy atom. The molecule has 0 aliphatic heterocycles. The van der Waals surface area contributed by atoms with Crippen molar-refractivity contribution in [3.05, 3.63) is 47.3 Å². The van der Waals surface area contributed by atoms with Crippen molar-refractivity contribution in [2.24, 2.45) is 0 Å². The molecule has 0 aliphatic carbocycles. The van der Waals surface area contributed by atoms with Gasteiger partial charge in [0.15, 0.2) is 5.76 Å². The molecule has 0 spiro atoms. The number of carboxylic acids is 1. The van der Waals surface area contributed by atoms with Gasteiger partial charge in [-0.2, -0.15) is 0 Å². The van der Waals surface area contributed by atoms with Gasteiger partial charge in [0.25, 0.3) is 0 Å². The minimum absolute atomic E-state index is 0.123. The predicted molar refractivity (Wildman–Crippen MR) is 66.6 cm³/mol. The van der Waals surface area contributed by atoms with Gasteiger partial charge >= 0.3 is 5.97 Å². The molecule has 2 rings (SSSR count). The SMILES string of the molecule is O=C(O)CN(Cc1ccno1)c1ccc(Cl)cc1. The largest absolute Gasteiger partial charge is 0.480 e. The minimum Gasteiger partial charge on any atom is -0.480 e. The molecule has 1 aromatic carbocycles. The molecule has 0 radical (unpaired) electrons. The second-order valence-electron chi connectivity index (χ2n) is 3.70. The van der Waals surface area contributed by atoms with Gasteiger partial charge in [0, 0.05) is 16.8 Å². The Balaban J connectivity index is 2.19. The summed E-state index contributed by atoms with van der Waals surface area (Å²) in [4.78, 5) is 12.5. The third-order valence-electron chi connectivity index (χ3n) is 2.36. The summed E-state index contributed by atoms with van der Waals surface area (Å²) >= 11 is 5.80. The summed E-state index contributed by atoms with van der Waals surface area (Å²) in [6.45, 7) is 0.219. The van der Waals surface area contributed by atoms with Gasteiger partial charge in [-0.15, -0.1) is 0 Å². The van der Waals surface area contributed by atoms with E-state index < -0.39 is 5.97 Å². The third kappa shape index (κ3) is 3.24. The molecule has 2 aromatic rings. The normalized spacial score (nSPS) is 10.3. The van der Waals surface area contributed by atoms with Crippen LogP contribution in [-0.4, -0.2) is 22.8 Å². The number of halogens is 1. The number of anilines is 1. The van der Waals surface area contributed by atoms with Crippen LogP contribution in [0, 0.1) is 0 Å². The van der Waals surface area contributed by atoms with Gasteiger partial charge in [-0.25, -0.2) is 0 Å². The molecule has 0 aliphatic rings. The number of hydrogen-bond acceptors (Lipinski definition) is 4. The average molecular weight is 267 g/mol. The van der Waals surface area contributed by atoms with Gasteiger partial charge in [-0.1, -0.05) is 16.8 Å². The lowest BCUT2D eigenvalue weighted by atomic mass is 10.2. The van der Waals surface area contributed by atoms with E-state index in [1.807, 2.05) is 0 Å². The van der Waals surface area contributed by atoms with Crippen LogP contribution in [0.2, 0.25) is 5.02 Å². The lowest BCUT2D eigenvalue weighted by molar-refractivity contribution is -0.135. The maximum atomic E-state index is 10.9. The predicted octanol–water partition coefficient (Wildman–Crippen LogP) is 2.42. The molecule has 18 heavy (non-hydrogen) atoms. The Labute approximate surface area is 109 Å². The third-order valence-corrected chi connectivity index (χ3v) is 2.61. The first kappa shape index (κ1) is 12.4. The highest BCUT2D eigenvalue weighted by Gasteiger charge is 2.13. The molecule has 0 fully saturated rings. The zero-order chi connectivity index (χ0) is 13.0. The van der Waals surface area contributed by atoms with E-state index in [0.717, 1.165) is 5.69 Å². The quantitative estimate of drug-likeness (QED) is 0.900. The molecule has 0 amide bonds. The van der Waals surface area contributed by atoms with Crippen LogP contribution < -0.4 is 4.90 Å². The summed E-state index contributed by atoms with van der Waals surface area (Å²) < 4.78 is 4.98. The molecule has 5 nitrogen and oxygen atoms in total. The van der Waals surface area contributed by atoms with E-state index in [1.165, 1.54) is 6.20 Å². The van der Waals surface area contributed by atoms with E-state index in [0.29, 0.717) is 17.3 Å². The fraction of sp³-hybridized carbons (Fsp3) is 0.167. The van der Waals surface area contributed by atoms with Crippen molar-refractivity contribution in [3.63, 3.8) is 0 Å². The molecular weight excluding hydrogens is 256 g/mol. The lowest BCUT2D eigenvalue weighted by Gasteiger charge is -2.21. The van der Waals surface area contributed by atoms with Crippen molar-refractivity contribution in [2.45, 2.75) is 6.54 Å². The van der Waals surface area contributed by atoms with Crippen LogP contribution in [0.4, 0.5) is 5.69 Å². The molecule has 1 N–H and O–H groups in total. The monoisotopic (exact) mass is 266 g/mol. The van der Waals surface area contributed by atoms with Gasteiger partial charge in [0.2, 0.25) is 0 Å². The Kier molecular flexibility index (Phi) is 3.84. The molecular formula is C12H11ClN2O3. The first-order chi connectivity index (χ1) is 8.65. The summed E-state index contributed by atoms with van der Waals surface area (Å²) in [6, 6.07) is 8.66. The summed E-state index contributed by atoms with van der Waals surface area (Å²) in [5.74, 6) is -0.310. The van der Waals surface area contributed by atoms with E-state index in [4.69, 9.17) is 21.2 Å². The van der Waals surface area contributed by atoms with Crippen LogP contribution in [0.5, 0.6) is 0 Å². The molecule has 1 heterocycles. The van der Waals surface area contributed by atoms with Gasteiger partial charge in [0.05, 0.1) is 12.7 Å². The summed E-state index contributed by atoms with van der Waals surface area (Å²) in [6.07, 6.45) is 1.52. The first-order valence-corrected chi connectivity index (χ1v) is 5.65. The number of aliphatic carboxylic acids is 1. The second-order valence-corrected chi connectivity index (χ2v) is 4.14. The Morgan fingerprint density at radius 2 is 2.06 bits per heavy atom. The zero-order valence-electron chi connectivity index (χ0n) is 9.41. The Morgan fingerprint density at radius 3 is 2.61 bits per heavy atom. The standard InChI is InChI=1S/C12H11ClN2O3/c13-9-1-3-10(4-2-9)15(8-12(16)17)7-11-5-6-14-18-11/h1-6H,7-8H2,(H,16,17). The Bertz CT molecular complexity index is 511. The number of carboxylic acid groups (broad SMARTS) is 1. The molecule has 1 aromatic heterocycles. The topological polar surface area (TPSA) is 66.6 Å². The summed E-state index contributed by atoms with van der Waals surface area (Å²) in [5.41, 5.74) is 0.762. The van der Waals surface area contributed by atoms with Gasteiger partial charge in [0.1, 0.15) is 6.54 Å². The van der Waals surface area contributed by atoms with E-state index >= 15 is 0 Å². The molecule has 0 saturated carbocycles. The first-order valence-electron chi connectivity index (χ1n) is 5.27. The van der Waals surface area contributed by atoms with Crippen molar-refractivity contribution in [3.8, 4) is 0 Å². The Hall–Kier alpha value is -2.01.